The van der Waals surface area contributed by atoms with Crippen molar-refractivity contribution >= 4 is 29.4 Å². The van der Waals surface area contributed by atoms with Gasteiger partial charge in [0.05, 0.1) is 10.7 Å². The van der Waals surface area contributed by atoms with Gasteiger partial charge in [-0.15, -0.1) is 0 Å². The molecule has 7 nitrogen and oxygen atoms in total. The van der Waals surface area contributed by atoms with Crippen LogP contribution >= 0.6 is 11.6 Å². The predicted molar refractivity (Wildman–Crippen MR) is 131 cm³/mol. The molecule has 0 saturated carbocycles. The highest BCUT2D eigenvalue weighted by Gasteiger charge is 2.48. The predicted octanol–water partition coefficient (Wildman–Crippen LogP) is 4.60. The van der Waals surface area contributed by atoms with Crippen LogP contribution in [-0.2, 0) is 10.5 Å². The largest absolute Gasteiger partial charge is 0.337 e. The fraction of sp³-hybridized carbons (Fsp3) is 0.400. The van der Waals surface area contributed by atoms with Crippen LogP contribution in [0.4, 0.5) is 15.0 Å². The molecular formula is C25H29ClFN5O2. The molecule has 1 unspecified atom stereocenters. The number of amides is 3. The highest BCUT2D eigenvalue weighted by atomic mass is 35.5. The molecule has 9 heteroatoms. The van der Waals surface area contributed by atoms with E-state index in [-0.39, 0.29) is 22.6 Å². The average Bonchev–Trinajstić information content (AvgIpc) is 2.78. The maximum absolute atomic E-state index is 14.5. The van der Waals surface area contributed by atoms with Crippen LogP contribution in [0.1, 0.15) is 32.8 Å². The Morgan fingerprint density at radius 1 is 1.26 bits per heavy atom. The molecule has 1 fully saturated rings. The molecule has 4 rings (SSSR count). The van der Waals surface area contributed by atoms with Crippen molar-refractivity contribution in [1.29, 1.82) is 0 Å². The minimum atomic E-state index is -0.899. The Labute approximate surface area is 204 Å². The number of benzene rings is 1. The third kappa shape index (κ3) is 4.52. The number of fused-ring (bicyclic) bond motifs is 1. The van der Waals surface area contributed by atoms with Crippen molar-refractivity contribution in [2.24, 2.45) is 5.41 Å². The van der Waals surface area contributed by atoms with Crippen LogP contribution in [0.5, 0.6) is 0 Å². The summed E-state index contributed by atoms with van der Waals surface area (Å²) >= 11 is 6.67. The number of carbonyl (C=O) groups excluding carboxylic acids is 2. The van der Waals surface area contributed by atoms with Crippen LogP contribution in [-0.4, -0.2) is 52.9 Å². The molecule has 3 heterocycles. The minimum absolute atomic E-state index is 0.112. The van der Waals surface area contributed by atoms with Gasteiger partial charge in [0.2, 0.25) is 5.91 Å². The van der Waals surface area contributed by atoms with Gasteiger partial charge in [-0.3, -0.25) is 15.0 Å². The Morgan fingerprint density at radius 2 is 1.94 bits per heavy atom. The van der Waals surface area contributed by atoms with Gasteiger partial charge in [-0.25, -0.2) is 14.2 Å². The maximum Gasteiger partial charge on any atom is 0.322 e. The Hall–Kier alpha value is -2.97. The van der Waals surface area contributed by atoms with Gasteiger partial charge in [-0.2, -0.15) is 0 Å². The number of nitrogens with one attached hydrogen (secondary N) is 2. The third-order valence-corrected chi connectivity index (χ3v) is 6.48. The summed E-state index contributed by atoms with van der Waals surface area (Å²) in [6, 6.07) is 7.64. The van der Waals surface area contributed by atoms with Crippen LogP contribution in [0.25, 0.3) is 11.3 Å². The highest BCUT2D eigenvalue weighted by Crippen LogP contribution is 2.45. The molecule has 1 atom stereocenters. The number of nitrogens with zero attached hydrogens (tertiary/aromatic N) is 3. The molecule has 2 aliphatic rings. The topological polar surface area (TPSA) is 77.6 Å². The normalized spacial score (nSPS) is 20.9. The van der Waals surface area contributed by atoms with E-state index in [0.717, 1.165) is 5.56 Å². The SMILES string of the molecule is C=CC(=O)N1CCN(C2(CC(C)(C)C)NC(=O)Nc3nc(-c4ccccc4F)c(Cl)cc32)CC1. The molecule has 2 aromatic rings. The van der Waals surface area contributed by atoms with Crippen molar-refractivity contribution in [1.82, 2.24) is 20.1 Å². The van der Waals surface area contributed by atoms with Crippen LogP contribution in [0.15, 0.2) is 43.0 Å². The second kappa shape index (κ2) is 9.00. The first-order valence-electron chi connectivity index (χ1n) is 11.3. The number of carbonyl (C=O) groups is 2. The summed E-state index contributed by atoms with van der Waals surface area (Å²) in [7, 11) is 0. The van der Waals surface area contributed by atoms with Gasteiger partial charge in [0.15, 0.2) is 0 Å². The lowest BCUT2D eigenvalue weighted by molar-refractivity contribution is -0.129. The number of anilines is 1. The number of urea groups is 1. The molecule has 1 aromatic heterocycles. The zero-order valence-electron chi connectivity index (χ0n) is 19.6. The van der Waals surface area contributed by atoms with Gasteiger partial charge >= 0.3 is 6.03 Å². The fourth-order valence-corrected chi connectivity index (χ4v) is 5.09. The number of halogens is 2. The van der Waals surface area contributed by atoms with E-state index in [0.29, 0.717) is 43.4 Å². The lowest BCUT2D eigenvalue weighted by atomic mass is 9.79. The van der Waals surface area contributed by atoms with Gasteiger partial charge in [-0.05, 0) is 36.1 Å². The molecule has 2 N–H and O–H groups in total. The molecule has 1 saturated heterocycles. The summed E-state index contributed by atoms with van der Waals surface area (Å²) in [6.45, 7) is 12.0. The molecule has 0 aliphatic carbocycles. The van der Waals surface area contributed by atoms with Crippen molar-refractivity contribution in [3.05, 3.63) is 59.4 Å². The Balaban J connectivity index is 1.82. The number of rotatable bonds is 4. The van der Waals surface area contributed by atoms with E-state index in [1.54, 1.807) is 29.2 Å². The standard InChI is InChI=1S/C25H29ClFN5O2/c1-5-20(33)31-10-12-32(13-11-31)25(15-24(2,3)4)17-14-18(26)21(16-8-6-7-9-19(16)27)28-22(17)29-23(34)30-25/h5-9,14H,1,10-13,15H2,2-4H3,(H2,28,29,30,34). The first kappa shape index (κ1) is 24.2. The van der Waals surface area contributed by atoms with Crippen LogP contribution < -0.4 is 10.6 Å². The van der Waals surface area contributed by atoms with E-state index >= 15 is 0 Å². The van der Waals surface area contributed by atoms with Gasteiger partial charge < -0.3 is 10.2 Å². The molecule has 3 amide bonds. The maximum atomic E-state index is 14.5. The lowest BCUT2D eigenvalue weighted by Crippen LogP contribution is -2.66. The van der Waals surface area contributed by atoms with Crippen molar-refractivity contribution in [2.75, 3.05) is 31.5 Å². The van der Waals surface area contributed by atoms with Crippen LogP contribution in [0.3, 0.4) is 0 Å². The van der Waals surface area contributed by atoms with E-state index in [2.05, 4.69) is 47.9 Å². The zero-order valence-corrected chi connectivity index (χ0v) is 20.4. The van der Waals surface area contributed by atoms with E-state index in [9.17, 15) is 14.0 Å². The number of aromatic nitrogens is 1. The zero-order chi connectivity index (χ0) is 24.7. The average molecular weight is 486 g/mol. The molecule has 1 aromatic carbocycles. The molecular weight excluding hydrogens is 457 g/mol. The molecule has 34 heavy (non-hydrogen) atoms. The minimum Gasteiger partial charge on any atom is -0.337 e. The molecule has 0 spiro atoms. The molecule has 0 radical (unpaired) electrons. The summed E-state index contributed by atoms with van der Waals surface area (Å²) < 4.78 is 14.5. The molecule has 0 bridgehead atoms. The highest BCUT2D eigenvalue weighted by molar-refractivity contribution is 6.33. The van der Waals surface area contributed by atoms with Gasteiger partial charge in [0, 0.05) is 37.3 Å². The van der Waals surface area contributed by atoms with Crippen molar-refractivity contribution < 1.29 is 14.0 Å². The second-order valence-corrected chi connectivity index (χ2v) is 10.3. The summed E-state index contributed by atoms with van der Waals surface area (Å²) in [5.74, 6) is -0.208. The van der Waals surface area contributed by atoms with Crippen LogP contribution in [0.2, 0.25) is 5.02 Å². The van der Waals surface area contributed by atoms with Gasteiger partial charge in [0.25, 0.3) is 0 Å². The number of hydrogen-bond donors (Lipinski definition) is 2. The second-order valence-electron chi connectivity index (χ2n) is 9.89. The first-order valence-corrected chi connectivity index (χ1v) is 11.6. The first-order chi connectivity index (χ1) is 16.0. The van der Waals surface area contributed by atoms with E-state index in [4.69, 9.17) is 11.6 Å². The number of hydrogen-bond acceptors (Lipinski definition) is 4. The van der Waals surface area contributed by atoms with Crippen LogP contribution in [0, 0.1) is 11.2 Å². The summed E-state index contributed by atoms with van der Waals surface area (Å²) in [6.07, 6.45) is 1.89. The van der Waals surface area contributed by atoms with Crippen molar-refractivity contribution in [3.63, 3.8) is 0 Å². The molecule has 2 aliphatic heterocycles. The van der Waals surface area contributed by atoms with Gasteiger partial charge in [0.1, 0.15) is 17.3 Å². The smallest absolute Gasteiger partial charge is 0.322 e. The Kier molecular flexibility index (Phi) is 6.40. The van der Waals surface area contributed by atoms with Gasteiger partial charge in [-0.1, -0.05) is 51.1 Å². The van der Waals surface area contributed by atoms with Crippen molar-refractivity contribution in [2.45, 2.75) is 32.9 Å². The molecule has 180 valence electrons. The number of piperazine rings is 1. The lowest BCUT2D eigenvalue weighted by Gasteiger charge is -2.52. The van der Waals surface area contributed by atoms with E-state index in [1.807, 2.05) is 0 Å². The Bertz CT molecular complexity index is 1140. The quantitative estimate of drug-likeness (QED) is 0.621. The van der Waals surface area contributed by atoms with Crippen molar-refractivity contribution in [3.8, 4) is 11.3 Å². The Morgan fingerprint density at radius 3 is 2.56 bits per heavy atom. The van der Waals surface area contributed by atoms with E-state index in [1.165, 1.54) is 12.1 Å². The summed E-state index contributed by atoms with van der Waals surface area (Å²) in [4.78, 5) is 33.6. The van der Waals surface area contributed by atoms with E-state index < -0.39 is 17.5 Å². The summed E-state index contributed by atoms with van der Waals surface area (Å²) in [5, 5.41) is 6.23. The number of pyridine rings is 1. The third-order valence-electron chi connectivity index (χ3n) is 6.19. The monoisotopic (exact) mass is 485 g/mol. The fourth-order valence-electron chi connectivity index (χ4n) is 4.84. The summed E-state index contributed by atoms with van der Waals surface area (Å²) in [5.41, 5.74) is 0.180.